The van der Waals surface area contributed by atoms with Crippen molar-refractivity contribution in [2.24, 2.45) is 0 Å². The Morgan fingerprint density at radius 3 is 2.02 bits per heavy atom. The van der Waals surface area contributed by atoms with Crippen LogP contribution in [-0.2, 0) is 9.59 Å². The minimum Gasteiger partial charge on any atom is -0.324 e. The van der Waals surface area contributed by atoms with E-state index in [9.17, 15) is 24.5 Å². The molecule has 0 bridgehead atoms. The second kappa shape index (κ2) is 15.5. The third-order valence-electron chi connectivity index (χ3n) is 7.36. The highest BCUT2D eigenvalue weighted by Crippen LogP contribution is 2.38. The van der Waals surface area contributed by atoms with Crippen LogP contribution in [0.3, 0.4) is 0 Å². The molecule has 0 heterocycles. The van der Waals surface area contributed by atoms with Gasteiger partial charge in [0.1, 0.15) is 10.9 Å². The van der Waals surface area contributed by atoms with Gasteiger partial charge in [-0.15, -0.1) is 11.8 Å². The van der Waals surface area contributed by atoms with Gasteiger partial charge in [0.25, 0.3) is 17.5 Å². The van der Waals surface area contributed by atoms with Gasteiger partial charge in [-0.05, 0) is 84.6 Å². The van der Waals surface area contributed by atoms with Crippen molar-refractivity contribution in [3.05, 3.63) is 171 Å². The molecule has 0 aromatic heterocycles. The molecule has 9 nitrogen and oxygen atoms in total. The summed E-state index contributed by atoms with van der Waals surface area (Å²) in [5.74, 6) is -1.29. The van der Waals surface area contributed by atoms with Crippen LogP contribution in [0.1, 0.15) is 37.9 Å². The topological polar surface area (TPSA) is 130 Å². The van der Waals surface area contributed by atoms with E-state index < -0.39 is 22.0 Å². The summed E-state index contributed by atoms with van der Waals surface area (Å²) in [6.07, 6.45) is 1.45. The first-order valence-corrected chi connectivity index (χ1v) is 15.9. The molecule has 1 atom stereocenters. The third kappa shape index (κ3) is 8.62. The number of thioether (sulfide) groups is 1. The Bertz CT molecular complexity index is 1960. The smallest absolute Gasteiger partial charge is 0.272 e. The second-order valence-corrected chi connectivity index (χ2v) is 12.1. The number of nitrogens with zero attached hydrogens (tertiary/aromatic N) is 1. The van der Waals surface area contributed by atoms with Gasteiger partial charge in [-0.2, -0.15) is 0 Å². The predicted molar refractivity (Wildman–Crippen MR) is 190 cm³/mol. The van der Waals surface area contributed by atoms with Crippen LogP contribution < -0.4 is 16.0 Å². The van der Waals surface area contributed by atoms with E-state index in [1.807, 2.05) is 68.4 Å². The zero-order valence-electron chi connectivity index (χ0n) is 26.2. The van der Waals surface area contributed by atoms with Crippen LogP contribution in [0.5, 0.6) is 0 Å². The number of carbonyl (C=O) groups excluding carboxylic acids is 3. The second-order valence-electron chi connectivity index (χ2n) is 10.9. The van der Waals surface area contributed by atoms with E-state index in [2.05, 4.69) is 16.0 Å². The lowest BCUT2D eigenvalue weighted by Gasteiger charge is -2.19. The fourth-order valence-corrected chi connectivity index (χ4v) is 5.97. The Labute approximate surface area is 282 Å². The Kier molecular flexibility index (Phi) is 10.8. The van der Waals surface area contributed by atoms with E-state index in [0.717, 1.165) is 27.3 Å². The van der Waals surface area contributed by atoms with Crippen molar-refractivity contribution < 1.29 is 19.3 Å². The lowest BCUT2D eigenvalue weighted by Crippen LogP contribution is -2.30. The molecule has 10 heteroatoms. The largest absolute Gasteiger partial charge is 0.324 e. The van der Waals surface area contributed by atoms with Crippen LogP contribution in [-0.4, -0.2) is 22.6 Å². The number of amides is 3. The summed E-state index contributed by atoms with van der Waals surface area (Å²) in [6.45, 7) is 3.90. The first kappa shape index (κ1) is 33.4. The molecule has 0 aliphatic rings. The number of benzene rings is 5. The maximum Gasteiger partial charge on any atom is 0.272 e. The number of nitrogens with one attached hydrogen (secondary N) is 3. The van der Waals surface area contributed by atoms with E-state index >= 15 is 0 Å². The fraction of sp³-hybridized carbons (Fsp3) is 0.0789. The van der Waals surface area contributed by atoms with Crippen molar-refractivity contribution in [1.29, 1.82) is 0 Å². The third-order valence-corrected chi connectivity index (χ3v) is 8.61. The SMILES string of the molecule is Cc1cccc(C)c1NC(=O)C(Sc1cccc(NC(=O)/C(=C\c2ccc([N+](=O)[O-])cc2)NC(=O)c2ccccc2)c1)c1ccccc1. The number of hydrogen-bond donors (Lipinski definition) is 3. The molecule has 5 aromatic carbocycles. The van der Waals surface area contributed by atoms with Crippen LogP contribution in [0.25, 0.3) is 6.08 Å². The van der Waals surface area contributed by atoms with Crippen molar-refractivity contribution >= 4 is 52.6 Å². The number of non-ortho nitro benzene ring substituents is 1. The van der Waals surface area contributed by atoms with Gasteiger partial charge in [0.2, 0.25) is 5.91 Å². The van der Waals surface area contributed by atoms with Crippen LogP contribution >= 0.6 is 11.8 Å². The van der Waals surface area contributed by atoms with Crippen LogP contribution in [0.15, 0.2) is 138 Å². The van der Waals surface area contributed by atoms with Gasteiger partial charge in [0.15, 0.2) is 0 Å². The molecule has 0 radical (unpaired) electrons. The summed E-state index contributed by atoms with van der Waals surface area (Å²) in [6, 6.07) is 36.5. The molecular formula is C38H32N4O5S. The lowest BCUT2D eigenvalue weighted by atomic mass is 10.1. The van der Waals surface area contributed by atoms with E-state index in [1.54, 1.807) is 48.5 Å². The Balaban J connectivity index is 1.39. The maximum atomic E-state index is 13.7. The summed E-state index contributed by atoms with van der Waals surface area (Å²) >= 11 is 1.34. The van der Waals surface area contributed by atoms with Gasteiger partial charge in [-0.3, -0.25) is 24.5 Å². The van der Waals surface area contributed by atoms with Gasteiger partial charge in [0.05, 0.1) is 4.92 Å². The fourth-order valence-electron chi connectivity index (χ4n) is 4.88. The zero-order valence-corrected chi connectivity index (χ0v) is 27.0. The van der Waals surface area contributed by atoms with E-state index in [1.165, 1.54) is 42.1 Å². The standard InChI is InChI=1S/C38H32N4O5S/c1-25-11-9-12-26(2)34(25)41-38(45)35(28-13-5-3-6-14-28)48-32-18-10-17-30(24-32)39-37(44)33(40-36(43)29-15-7-4-8-16-29)23-27-19-21-31(22-20-27)42(46)47/h3-24,35H,1-2H3,(H,39,44)(H,40,43)(H,41,45)/b33-23+. The highest BCUT2D eigenvalue weighted by molar-refractivity contribution is 8.00. The molecule has 5 aromatic rings. The maximum absolute atomic E-state index is 13.7. The first-order valence-electron chi connectivity index (χ1n) is 15.0. The monoisotopic (exact) mass is 656 g/mol. The number of nitro groups is 1. The number of anilines is 2. The summed E-state index contributed by atoms with van der Waals surface area (Å²) < 4.78 is 0. The van der Waals surface area contributed by atoms with Gasteiger partial charge in [0, 0.05) is 34.0 Å². The van der Waals surface area contributed by atoms with Crippen LogP contribution in [0.4, 0.5) is 17.1 Å². The zero-order chi connectivity index (χ0) is 34.0. The Morgan fingerprint density at radius 1 is 0.750 bits per heavy atom. The van der Waals surface area contributed by atoms with Gasteiger partial charge in [-0.25, -0.2) is 0 Å². The van der Waals surface area contributed by atoms with Gasteiger partial charge >= 0.3 is 0 Å². The number of hydrogen-bond acceptors (Lipinski definition) is 6. The van der Waals surface area contributed by atoms with Crippen LogP contribution in [0.2, 0.25) is 0 Å². The molecule has 3 N–H and O–H groups in total. The molecule has 0 saturated heterocycles. The average molecular weight is 657 g/mol. The Morgan fingerprint density at radius 2 is 1.38 bits per heavy atom. The normalized spacial score (nSPS) is 11.7. The molecule has 48 heavy (non-hydrogen) atoms. The number of rotatable bonds is 11. The molecule has 3 amide bonds. The highest BCUT2D eigenvalue weighted by Gasteiger charge is 2.24. The van der Waals surface area contributed by atoms with Crippen molar-refractivity contribution in [1.82, 2.24) is 5.32 Å². The minimum atomic E-state index is -0.604. The van der Waals surface area contributed by atoms with Crippen molar-refractivity contribution in [2.75, 3.05) is 10.6 Å². The highest BCUT2D eigenvalue weighted by atomic mass is 32.2. The van der Waals surface area contributed by atoms with E-state index in [0.29, 0.717) is 16.8 Å². The molecule has 0 spiro atoms. The van der Waals surface area contributed by atoms with Crippen molar-refractivity contribution in [3.63, 3.8) is 0 Å². The summed E-state index contributed by atoms with van der Waals surface area (Å²) in [5.41, 5.74) is 4.61. The van der Waals surface area contributed by atoms with Crippen molar-refractivity contribution in [3.8, 4) is 0 Å². The number of para-hydroxylation sites is 1. The number of carbonyl (C=O) groups is 3. The van der Waals surface area contributed by atoms with Crippen molar-refractivity contribution in [2.45, 2.75) is 24.0 Å². The predicted octanol–water partition coefficient (Wildman–Crippen LogP) is 8.09. The first-order chi connectivity index (χ1) is 23.2. The van der Waals surface area contributed by atoms with Crippen LogP contribution in [0, 0.1) is 24.0 Å². The Hall–Kier alpha value is -6.00. The van der Waals surface area contributed by atoms with E-state index in [-0.39, 0.29) is 17.3 Å². The number of aryl methyl sites for hydroxylation is 2. The quantitative estimate of drug-likeness (QED) is 0.0570. The van der Waals surface area contributed by atoms with E-state index in [4.69, 9.17) is 0 Å². The molecule has 5 rings (SSSR count). The minimum absolute atomic E-state index is 0.0640. The molecule has 240 valence electrons. The molecule has 1 unspecified atom stereocenters. The summed E-state index contributed by atoms with van der Waals surface area (Å²) in [5, 5.41) is 19.1. The van der Waals surface area contributed by atoms with Gasteiger partial charge in [-0.1, -0.05) is 72.8 Å². The van der Waals surface area contributed by atoms with Gasteiger partial charge < -0.3 is 16.0 Å². The summed E-state index contributed by atoms with van der Waals surface area (Å²) in [7, 11) is 0. The molecular weight excluding hydrogens is 625 g/mol. The molecule has 0 fully saturated rings. The average Bonchev–Trinajstić information content (AvgIpc) is 3.09. The lowest BCUT2D eigenvalue weighted by molar-refractivity contribution is -0.384. The summed E-state index contributed by atoms with van der Waals surface area (Å²) in [4.78, 5) is 51.7. The molecule has 0 saturated carbocycles. The molecule has 0 aliphatic heterocycles. The molecule has 0 aliphatic carbocycles. The number of nitro benzene ring substituents is 1.